The highest BCUT2D eigenvalue weighted by Crippen LogP contribution is 2.54. The van der Waals surface area contributed by atoms with Crippen LogP contribution in [-0.4, -0.2) is 62.5 Å². The number of rotatable bonds is 3. The number of anilines is 2. The fraction of sp³-hybridized carbons (Fsp3) is 0.308. The molecule has 2 amide bonds. The number of aromatic nitrogens is 2. The summed E-state index contributed by atoms with van der Waals surface area (Å²) in [7, 11) is 0. The number of fused-ring (bicyclic) bond motifs is 5. The molecule has 39 heavy (non-hydrogen) atoms. The maximum Gasteiger partial charge on any atom is 0.278 e. The molecule has 13 heteroatoms. The third-order valence-electron chi connectivity index (χ3n) is 7.48. The Morgan fingerprint density at radius 2 is 2.03 bits per heavy atom. The summed E-state index contributed by atoms with van der Waals surface area (Å²) in [6, 6.07) is 2.12. The van der Waals surface area contributed by atoms with Gasteiger partial charge in [-0.2, -0.15) is 0 Å². The summed E-state index contributed by atoms with van der Waals surface area (Å²) >= 11 is 6.54. The van der Waals surface area contributed by atoms with Gasteiger partial charge in [0, 0.05) is 24.4 Å². The molecule has 3 atom stereocenters. The van der Waals surface area contributed by atoms with Gasteiger partial charge in [-0.3, -0.25) is 19.0 Å². The van der Waals surface area contributed by atoms with Crippen LogP contribution in [0.3, 0.4) is 0 Å². The number of hydrogen-bond donors (Lipinski definition) is 2. The Hall–Kier alpha value is -4.06. The Balaban J connectivity index is 1.63. The number of hydrogen-bond acceptors (Lipinski definition) is 6. The quantitative estimate of drug-likeness (QED) is 0.474. The van der Waals surface area contributed by atoms with Crippen molar-refractivity contribution in [3.8, 4) is 17.0 Å². The van der Waals surface area contributed by atoms with Crippen LogP contribution in [0.15, 0.2) is 41.7 Å². The molecule has 2 N–H and O–H groups in total. The van der Waals surface area contributed by atoms with Gasteiger partial charge in [0.1, 0.15) is 35.0 Å². The van der Waals surface area contributed by atoms with Gasteiger partial charge in [-0.25, -0.2) is 18.2 Å². The molecule has 0 spiro atoms. The van der Waals surface area contributed by atoms with Gasteiger partial charge < -0.3 is 20.2 Å². The topological polar surface area (TPSA) is 108 Å². The Bertz CT molecular complexity index is 1660. The molecular weight excluding hydrogens is 539 g/mol. The zero-order valence-electron chi connectivity index (χ0n) is 20.4. The molecule has 2 fully saturated rings. The number of pyridine rings is 2. The zero-order chi connectivity index (χ0) is 28.0. The molecule has 2 aromatic heterocycles. The van der Waals surface area contributed by atoms with Gasteiger partial charge in [0.05, 0.1) is 28.5 Å². The number of amides is 2. The number of benzene rings is 1. The minimum absolute atomic E-state index is 0.00902. The van der Waals surface area contributed by atoms with E-state index in [2.05, 4.69) is 16.9 Å². The third-order valence-corrected chi connectivity index (χ3v) is 7.76. The second kappa shape index (κ2) is 8.47. The SMILES string of the molecule is C=CC(=O)N1C[C@@H]2C(=O)Nc3c(c4cc(Cl)c(-c5c(O)cccc5F)nc4n(C4CC4(F)F)c3=O)N2C[C@H]1C. The largest absolute Gasteiger partial charge is 0.507 e. The Kier molecular flexibility index (Phi) is 5.48. The summed E-state index contributed by atoms with van der Waals surface area (Å²) in [4.78, 5) is 46.7. The van der Waals surface area contributed by atoms with Crippen LogP contribution in [0, 0.1) is 5.82 Å². The normalized spacial score (nSPS) is 23.2. The van der Waals surface area contributed by atoms with Crippen molar-refractivity contribution in [2.45, 2.75) is 37.4 Å². The molecule has 0 radical (unpaired) electrons. The standard InChI is InChI=1S/C26H21ClF3N5O4/c1-3-18(37)33-10-15-24(38)32-21-22(34(15)9-11(33)2)12-7-13(27)20(19-14(28)5-4-6-16(19)36)31-23(12)35(25(21)39)17-8-26(17,29)30/h3-7,11,15,17,36H,1,8-10H2,2H3,(H,32,38)/t11-,15-,17?/m1/s1. The Morgan fingerprint density at radius 1 is 1.31 bits per heavy atom. The number of nitrogens with one attached hydrogen (secondary N) is 1. The van der Waals surface area contributed by atoms with E-state index in [1.54, 1.807) is 11.8 Å². The van der Waals surface area contributed by atoms with E-state index in [9.17, 15) is 32.7 Å². The molecule has 1 saturated heterocycles. The number of halogens is 4. The first-order valence-corrected chi connectivity index (χ1v) is 12.5. The number of phenolic OH excluding ortho intramolecular Hbond substituents is 1. The molecule has 0 bridgehead atoms. The lowest BCUT2D eigenvalue weighted by molar-refractivity contribution is -0.130. The van der Waals surface area contributed by atoms with Crippen molar-refractivity contribution >= 4 is 45.8 Å². The van der Waals surface area contributed by atoms with Crippen LogP contribution < -0.4 is 15.8 Å². The molecule has 4 heterocycles. The molecular formula is C26H21ClF3N5O4. The van der Waals surface area contributed by atoms with Crippen LogP contribution in [0.5, 0.6) is 5.75 Å². The van der Waals surface area contributed by atoms with Gasteiger partial charge in [-0.15, -0.1) is 0 Å². The van der Waals surface area contributed by atoms with Crippen LogP contribution >= 0.6 is 11.6 Å². The van der Waals surface area contributed by atoms with Crippen molar-refractivity contribution < 1.29 is 27.9 Å². The van der Waals surface area contributed by atoms with Crippen molar-refractivity contribution in [3.05, 3.63) is 58.1 Å². The van der Waals surface area contributed by atoms with E-state index in [1.807, 2.05) is 0 Å². The number of aromatic hydroxyl groups is 1. The van der Waals surface area contributed by atoms with Crippen LogP contribution in [0.25, 0.3) is 22.3 Å². The van der Waals surface area contributed by atoms with Gasteiger partial charge in [0.25, 0.3) is 11.5 Å². The van der Waals surface area contributed by atoms with Crippen molar-refractivity contribution in [2.24, 2.45) is 0 Å². The van der Waals surface area contributed by atoms with Crippen molar-refractivity contribution in [1.29, 1.82) is 0 Å². The maximum atomic E-state index is 14.8. The van der Waals surface area contributed by atoms with Gasteiger partial charge in [-0.05, 0) is 31.2 Å². The molecule has 1 saturated carbocycles. The highest BCUT2D eigenvalue weighted by Gasteiger charge is 2.60. The molecule has 2 aliphatic heterocycles. The summed E-state index contributed by atoms with van der Waals surface area (Å²) in [5.41, 5.74) is -1.67. The number of carbonyl (C=O) groups excluding carboxylic acids is 2. The number of nitrogens with zero attached hydrogens (tertiary/aromatic N) is 4. The fourth-order valence-electron chi connectivity index (χ4n) is 5.47. The lowest BCUT2D eigenvalue weighted by atomic mass is 9.99. The predicted molar refractivity (Wildman–Crippen MR) is 138 cm³/mol. The van der Waals surface area contributed by atoms with E-state index in [4.69, 9.17) is 11.6 Å². The summed E-state index contributed by atoms with van der Waals surface area (Å²) in [6.45, 7) is 5.40. The van der Waals surface area contributed by atoms with E-state index >= 15 is 0 Å². The van der Waals surface area contributed by atoms with Crippen molar-refractivity contribution in [1.82, 2.24) is 14.5 Å². The van der Waals surface area contributed by atoms with E-state index in [0.717, 1.165) is 16.7 Å². The van der Waals surface area contributed by atoms with Gasteiger partial charge in [0.15, 0.2) is 0 Å². The minimum atomic E-state index is -3.20. The first-order chi connectivity index (χ1) is 18.4. The van der Waals surface area contributed by atoms with Gasteiger partial charge in [-0.1, -0.05) is 24.2 Å². The zero-order valence-corrected chi connectivity index (χ0v) is 21.2. The van der Waals surface area contributed by atoms with Crippen molar-refractivity contribution in [3.63, 3.8) is 0 Å². The monoisotopic (exact) mass is 559 g/mol. The number of phenols is 1. The second-order valence-electron chi connectivity index (χ2n) is 9.90. The highest BCUT2D eigenvalue weighted by atomic mass is 35.5. The maximum absolute atomic E-state index is 14.8. The van der Waals surface area contributed by atoms with E-state index in [1.165, 1.54) is 23.1 Å². The molecule has 1 aliphatic carbocycles. The van der Waals surface area contributed by atoms with E-state index < -0.39 is 53.5 Å². The molecule has 1 unspecified atom stereocenters. The highest BCUT2D eigenvalue weighted by molar-refractivity contribution is 6.34. The Labute approximate surface area is 224 Å². The summed E-state index contributed by atoms with van der Waals surface area (Å²) in [5.74, 6) is -5.46. The number of alkyl halides is 2. The number of carbonyl (C=O) groups is 2. The first kappa shape index (κ1) is 25.2. The minimum Gasteiger partial charge on any atom is -0.507 e. The third kappa shape index (κ3) is 3.68. The van der Waals surface area contributed by atoms with Crippen molar-refractivity contribution in [2.75, 3.05) is 23.3 Å². The molecule has 3 aromatic rings. The molecule has 3 aliphatic rings. The van der Waals surface area contributed by atoms with Crippen LogP contribution in [0.2, 0.25) is 5.02 Å². The summed E-state index contributed by atoms with van der Waals surface area (Å²) in [6.07, 6.45) is 0.523. The molecule has 1 aromatic carbocycles. The smallest absolute Gasteiger partial charge is 0.278 e. The van der Waals surface area contributed by atoms with E-state index in [-0.39, 0.29) is 57.7 Å². The summed E-state index contributed by atoms with van der Waals surface area (Å²) in [5, 5.41) is 13.0. The van der Waals surface area contributed by atoms with Crippen LogP contribution in [-0.2, 0) is 9.59 Å². The summed E-state index contributed by atoms with van der Waals surface area (Å²) < 4.78 is 44.2. The average molecular weight is 560 g/mol. The van der Waals surface area contributed by atoms with E-state index in [0.29, 0.717) is 0 Å². The lowest BCUT2D eigenvalue weighted by Crippen LogP contribution is -2.64. The lowest BCUT2D eigenvalue weighted by Gasteiger charge is -2.48. The van der Waals surface area contributed by atoms with Gasteiger partial charge in [0.2, 0.25) is 11.8 Å². The predicted octanol–water partition coefficient (Wildman–Crippen LogP) is 3.69. The number of piperazine rings is 1. The average Bonchev–Trinajstić information content (AvgIpc) is 3.51. The fourth-order valence-corrected chi connectivity index (χ4v) is 5.71. The van der Waals surface area contributed by atoms with Gasteiger partial charge >= 0.3 is 0 Å². The Morgan fingerprint density at radius 3 is 2.67 bits per heavy atom. The van der Waals surface area contributed by atoms with Crippen LogP contribution in [0.4, 0.5) is 24.5 Å². The second-order valence-corrected chi connectivity index (χ2v) is 10.3. The molecule has 6 rings (SSSR count). The van der Waals surface area contributed by atoms with Crippen LogP contribution in [0.1, 0.15) is 19.4 Å². The first-order valence-electron chi connectivity index (χ1n) is 12.1. The molecule has 202 valence electrons. The molecule has 9 nitrogen and oxygen atoms in total.